The molecule has 4 rings (SSSR count). The molecular weight excluding hydrogens is 348 g/mol. The van der Waals surface area contributed by atoms with Crippen LogP contribution in [0.4, 0.5) is 5.69 Å². The number of benzene rings is 2. The molecule has 2 aromatic rings. The van der Waals surface area contributed by atoms with E-state index in [2.05, 4.69) is 40.5 Å². The van der Waals surface area contributed by atoms with E-state index in [1.165, 1.54) is 29.5 Å². The first kappa shape index (κ1) is 18.7. The number of hydrogen-bond donors (Lipinski definition) is 1. The van der Waals surface area contributed by atoms with E-state index in [0.717, 1.165) is 32.6 Å². The molecule has 2 aliphatic heterocycles. The lowest BCUT2D eigenvalue weighted by Gasteiger charge is -2.18. The molecule has 1 saturated heterocycles. The van der Waals surface area contributed by atoms with E-state index >= 15 is 0 Å². The Morgan fingerprint density at radius 1 is 1.15 bits per heavy atom. The van der Waals surface area contributed by atoms with Crippen molar-refractivity contribution in [3.8, 4) is 0 Å². The van der Waals surface area contributed by atoms with Gasteiger partial charge in [0.2, 0.25) is 0 Å². The second-order valence-electron chi connectivity index (χ2n) is 6.97. The lowest BCUT2D eigenvalue weighted by atomic mass is 9.89. The summed E-state index contributed by atoms with van der Waals surface area (Å²) < 4.78 is 5.08. The molecule has 5 heteroatoms. The van der Waals surface area contributed by atoms with Gasteiger partial charge in [0.25, 0.3) is 0 Å². The number of halogens is 1. The minimum Gasteiger partial charge on any atom is -0.469 e. The number of nitrogens with zero attached hydrogens (tertiary/aromatic N) is 1. The number of nitrogens with one attached hydrogen (secondary N) is 1. The zero-order valence-corrected chi connectivity index (χ0v) is 15.8. The van der Waals surface area contributed by atoms with Gasteiger partial charge in [-0.15, -0.1) is 12.4 Å². The summed E-state index contributed by atoms with van der Waals surface area (Å²) in [7, 11) is 1.49. The number of anilines is 1. The van der Waals surface area contributed by atoms with Crippen molar-refractivity contribution >= 4 is 24.1 Å². The highest BCUT2D eigenvalue weighted by Crippen LogP contribution is 2.35. The Balaban J connectivity index is 0.00000196. The first-order valence-electron chi connectivity index (χ1n) is 8.96. The van der Waals surface area contributed by atoms with Gasteiger partial charge in [0, 0.05) is 37.8 Å². The minimum absolute atomic E-state index is 0. The Morgan fingerprint density at radius 2 is 1.96 bits per heavy atom. The normalized spacial score (nSPS) is 21.6. The third-order valence-electron chi connectivity index (χ3n) is 5.45. The van der Waals surface area contributed by atoms with E-state index < -0.39 is 0 Å². The van der Waals surface area contributed by atoms with Crippen LogP contribution in [0, 0.1) is 5.92 Å². The molecule has 2 aliphatic rings. The van der Waals surface area contributed by atoms with Crippen LogP contribution >= 0.6 is 12.4 Å². The topological polar surface area (TPSA) is 41.6 Å². The zero-order chi connectivity index (χ0) is 17.2. The second kappa shape index (κ2) is 8.11. The van der Waals surface area contributed by atoms with Gasteiger partial charge in [-0.1, -0.05) is 48.5 Å². The molecule has 2 atom stereocenters. The Labute approximate surface area is 160 Å². The zero-order valence-electron chi connectivity index (χ0n) is 15.0. The van der Waals surface area contributed by atoms with Crippen LogP contribution in [0.1, 0.15) is 22.6 Å². The molecule has 0 radical (unpaired) electrons. The van der Waals surface area contributed by atoms with Crippen molar-refractivity contribution in [1.29, 1.82) is 0 Å². The minimum atomic E-state index is -0.104. The average Bonchev–Trinajstić information content (AvgIpc) is 3.29. The van der Waals surface area contributed by atoms with Crippen LogP contribution in [-0.2, 0) is 22.5 Å². The van der Waals surface area contributed by atoms with Gasteiger partial charge >= 0.3 is 5.97 Å². The van der Waals surface area contributed by atoms with Gasteiger partial charge in [0.05, 0.1) is 13.0 Å². The Morgan fingerprint density at radius 3 is 2.73 bits per heavy atom. The Bertz CT molecular complexity index is 766. The van der Waals surface area contributed by atoms with Crippen LogP contribution in [0.25, 0.3) is 0 Å². The van der Waals surface area contributed by atoms with E-state index in [1.807, 2.05) is 18.2 Å². The molecule has 0 spiro atoms. The lowest BCUT2D eigenvalue weighted by Crippen LogP contribution is -2.24. The van der Waals surface area contributed by atoms with Crippen molar-refractivity contribution in [1.82, 2.24) is 4.90 Å². The maximum atomic E-state index is 12.3. The average molecular weight is 373 g/mol. The van der Waals surface area contributed by atoms with Gasteiger partial charge in [0.1, 0.15) is 0 Å². The van der Waals surface area contributed by atoms with Crippen molar-refractivity contribution in [3.05, 3.63) is 65.2 Å². The van der Waals surface area contributed by atoms with Crippen molar-refractivity contribution in [2.75, 3.05) is 32.1 Å². The predicted octanol–water partition coefficient (Wildman–Crippen LogP) is 3.47. The van der Waals surface area contributed by atoms with Crippen molar-refractivity contribution in [2.24, 2.45) is 5.92 Å². The van der Waals surface area contributed by atoms with E-state index in [-0.39, 0.29) is 30.2 Å². The Kier molecular flexibility index (Phi) is 5.84. The molecule has 0 bridgehead atoms. The maximum Gasteiger partial charge on any atom is 0.310 e. The largest absolute Gasteiger partial charge is 0.469 e. The number of likely N-dealkylation sites (tertiary alicyclic amines) is 1. The van der Waals surface area contributed by atoms with Gasteiger partial charge in [0.15, 0.2) is 0 Å². The summed E-state index contributed by atoms with van der Waals surface area (Å²) in [4.78, 5) is 14.7. The summed E-state index contributed by atoms with van der Waals surface area (Å²) in [6, 6.07) is 16.9. The fraction of sp³-hybridized carbons (Fsp3) is 0.381. The molecule has 138 valence electrons. The Hall–Kier alpha value is -2.04. The number of rotatable bonds is 4. The number of ether oxygens (including phenoxy) is 1. The fourth-order valence-corrected chi connectivity index (χ4v) is 4.23. The van der Waals surface area contributed by atoms with Crippen LogP contribution in [0.5, 0.6) is 0 Å². The maximum absolute atomic E-state index is 12.3. The predicted molar refractivity (Wildman–Crippen MR) is 106 cm³/mol. The lowest BCUT2D eigenvalue weighted by molar-refractivity contribution is -0.145. The molecule has 2 heterocycles. The number of para-hydroxylation sites is 1. The summed E-state index contributed by atoms with van der Waals surface area (Å²) in [6.45, 7) is 3.51. The third kappa shape index (κ3) is 3.57. The van der Waals surface area contributed by atoms with Gasteiger partial charge in [-0.2, -0.15) is 0 Å². The molecule has 0 aliphatic carbocycles. The number of methoxy groups -OCH3 is 1. The number of esters is 1. The van der Waals surface area contributed by atoms with Crippen LogP contribution in [0.2, 0.25) is 0 Å². The SMILES string of the molecule is COC(=O)[C@@H]1CN(Cc2cccc3c2NCC3)C[C@H]1c1ccccc1.Cl. The number of carbonyl (C=O) groups excluding carboxylic acids is 1. The van der Waals surface area contributed by atoms with Crippen LogP contribution in [0.3, 0.4) is 0 Å². The molecule has 1 N–H and O–H groups in total. The highest BCUT2D eigenvalue weighted by Gasteiger charge is 2.39. The van der Waals surface area contributed by atoms with E-state index in [4.69, 9.17) is 4.74 Å². The molecule has 1 fully saturated rings. The van der Waals surface area contributed by atoms with Gasteiger partial charge in [-0.25, -0.2) is 0 Å². The van der Waals surface area contributed by atoms with Gasteiger partial charge in [-0.3, -0.25) is 9.69 Å². The fourth-order valence-electron chi connectivity index (χ4n) is 4.23. The van der Waals surface area contributed by atoms with Crippen molar-refractivity contribution in [2.45, 2.75) is 18.9 Å². The summed E-state index contributed by atoms with van der Waals surface area (Å²) in [5, 5.41) is 3.51. The first-order chi connectivity index (χ1) is 12.3. The first-order valence-corrected chi connectivity index (χ1v) is 8.96. The highest BCUT2D eigenvalue weighted by molar-refractivity contribution is 5.85. The number of hydrogen-bond acceptors (Lipinski definition) is 4. The number of fused-ring (bicyclic) bond motifs is 1. The van der Waals surface area contributed by atoms with Crippen molar-refractivity contribution in [3.63, 3.8) is 0 Å². The van der Waals surface area contributed by atoms with Gasteiger partial charge < -0.3 is 10.1 Å². The second-order valence-corrected chi connectivity index (χ2v) is 6.97. The highest BCUT2D eigenvalue weighted by atomic mass is 35.5. The van der Waals surface area contributed by atoms with Crippen LogP contribution in [-0.4, -0.2) is 37.6 Å². The molecule has 4 nitrogen and oxygen atoms in total. The summed E-state index contributed by atoms with van der Waals surface area (Å²) >= 11 is 0. The molecule has 0 amide bonds. The molecule has 26 heavy (non-hydrogen) atoms. The molecular formula is C21H25ClN2O2. The summed E-state index contributed by atoms with van der Waals surface area (Å²) in [5.74, 6) is -0.0109. The van der Waals surface area contributed by atoms with E-state index in [1.54, 1.807) is 0 Å². The third-order valence-corrected chi connectivity index (χ3v) is 5.45. The van der Waals surface area contributed by atoms with E-state index in [9.17, 15) is 4.79 Å². The standard InChI is InChI=1S/C21H24N2O2.ClH/c1-25-21(24)19-14-23(13-18(19)15-6-3-2-4-7-15)12-17-9-5-8-16-10-11-22-20(16)17;/h2-9,18-19,22H,10-14H2,1H3;1H/t18-,19+;/m0./s1. The quantitative estimate of drug-likeness (QED) is 0.834. The summed E-state index contributed by atoms with van der Waals surface area (Å²) in [5.41, 5.74) is 5.24. The molecule has 0 saturated carbocycles. The summed E-state index contributed by atoms with van der Waals surface area (Å²) in [6.07, 6.45) is 1.10. The molecule has 0 aromatic heterocycles. The molecule has 0 unspecified atom stereocenters. The van der Waals surface area contributed by atoms with Gasteiger partial charge in [-0.05, 0) is 23.1 Å². The number of carbonyl (C=O) groups is 1. The van der Waals surface area contributed by atoms with E-state index in [0.29, 0.717) is 0 Å². The monoisotopic (exact) mass is 372 g/mol. The van der Waals surface area contributed by atoms with Crippen molar-refractivity contribution < 1.29 is 9.53 Å². The molecule has 2 aromatic carbocycles. The smallest absolute Gasteiger partial charge is 0.310 e. The van der Waals surface area contributed by atoms with Crippen LogP contribution in [0.15, 0.2) is 48.5 Å². The van der Waals surface area contributed by atoms with Crippen LogP contribution < -0.4 is 5.32 Å².